The smallest absolute Gasteiger partial charge is 0.336 e. The number of ether oxygens (including phenoxy) is 3. The molecule has 43 heavy (non-hydrogen) atoms. The summed E-state index contributed by atoms with van der Waals surface area (Å²) in [5, 5.41) is 34.4. The molecule has 0 radical (unpaired) electrons. The molecule has 0 aliphatic carbocycles. The fourth-order valence-electron chi connectivity index (χ4n) is 4.67. The van der Waals surface area contributed by atoms with Crippen molar-refractivity contribution < 1.29 is 53.4 Å². The number of hydrogen-bond donors (Lipinski definition) is 4. The fourth-order valence-corrected chi connectivity index (χ4v) is 4.67. The summed E-state index contributed by atoms with van der Waals surface area (Å²) in [6.45, 7) is 2.63. The van der Waals surface area contributed by atoms with E-state index in [0.717, 1.165) is 43.1 Å². The molecule has 1 atom stereocenters. The minimum absolute atomic E-state index is 0.0101. The van der Waals surface area contributed by atoms with Gasteiger partial charge >= 0.3 is 17.9 Å². The van der Waals surface area contributed by atoms with Gasteiger partial charge in [-0.2, -0.15) is 0 Å². The van der Waals surface area contributed by atoms with Gasteiger partial charge in [-0.3, -0.25) is 19.3 Å². The highest BCUT2D eigenvalue weighted by molar-refractivity contribution is 5.88. The second kappa shape index (κ2) is 15.1. The molecule has 0 spiro atoms. The number of fused-ring (bicyclic) bond motifs is 1. The van der Waals surface area contributed by atoms with Crippen molar-refractivity contribution in [2.24, 2.45) is 0 Å². The Hall–Kier alpha value is -4.46. The Morgan fingerprint density at radius 2 is 1.65 bits per heavy atom. The molecule has 0 saturated carbocycles. The molecule has 1 aliphatic heterocycles. The molecular formula is C30H35NO12. The molecule has 13 heteroatoms. The summed E-state index contributed by atoms with van der Waals surface area (Å²) in [5.74, 6) is -3.51. The van der Waals surface area contributed by atoms with E-state index in [0.29, 0.717) is 29.6 Å². The van der Waals surface area contributed by atoms with Crippen molar-refractivity contribution in [3.63, 3.8) is 0 Å². The highest BCUT2D eigenvalue weighted by Gasteiger charge is 2.40. The van der Waals surface area contributed by atoms with Gasteiger partial charge in [0.1, 0.15) is 17.1 Å². The molecule has 1 aromatic heterocycles. The molecule has 0 amide bonds. The van der Waals surface area contributed by atoms with Crippen molar-refractivity contribution in [3.8, 4) is 11.5 Å². The lowest BCUT2D eigenvalue weighted by Gasteiger charge is -2.26. The average Bonchev–Trinajstić information content (AvgIpc) is 3.47. The summed E-state index contributed by atoms with van der Waals surface area (Å²) in [6, 6.07) is 13.1. The summed E-state index contributed by atoms with van der Waals surface area (Å²) in [5.41, 5.74) is -0.456. The maximum Gasteiger partial charge on any atom is 0.336 e. The molecule has 2 heterocycles. The van der Waals surface area contributed by atoms with Crippen LogP contribution < -0.4 is 14.9 Å². The van der Waals surface area contributed by atoms with E-state index in [1.54, 1.807) is 20.5 Å². The number of para-hydroxylation sites is 1. The maximum absolute atomic E-state index is 13.0. The number of rotatable bonds is 13. The van der Waals surface area contributed by atoms with Crippen LogP contribution >= 0.6 is 0 Å². The lowest BCUT2D eigenvalue weighted by atomic mass is 9.96. The van der Waals surface area contributed by atoms with Gasteiger partial charge in [0.05, 0.1) is 44.8 Å². The van der Waals surface area contributed by atoms with Gasteiger partial charge in [-0.25, -0.2) is 4.79 Å². The van der Waals surface area contributed by atoms with Crippen LogP contribution in [0.5, 0.6) is 11.5 Å². The largest absolute Gasteiger partial charge is 0.497 e. The third kappa shape index (κ3) is 9.26. The Kier molecular flexibility index (Phi) is 11.6. The van der Waals surface area contributed by atoms with Crippen molar-refractivity contribution >= 4 is 28.9 Å². The zero-order valence-electron chi connectivity index (χ0n) is 23.9. The molecular weight excluding hydrogens is 566 g/mol. The molecule has 1 aliphatic rings. The molecule has 1 fully saturated rings. The number of methoxy groups -OCH3 is 2. The van der Waals surface area contributed by atoms with E-state index < -0.39 is 36.4 Å². The lowest BCUT2D eigenvalue weighted by Crippen LogP contribution is -2.42. The van der Waals surface area contributed by atoms with E-state index in [1.165, 1.54) is 0 Å². The van der Waals surface area contributed by atoms with Crippen molar-refractivity contribution in [3.05, 3.63) is 70.1 Å². The lowest BCUT2D eigenvalue weighted by molar-refractivity contribution is -0.170. The number of nitrogens with zero attached hydrogens (tertiary/aromatic N) is 1. The third-order valence-electron chi connectivity index (χ3n) is 6.80. The first-order chi connectivity index (χ1) is 20.4. The topological polar surface area (TPSA) is 193 Å². The highest BCUT2D eigenvalue weighted by atomic mass is 16.5. The number of aliphatic hydroxyl groups is 1. The molecule has 13 nitrogen and oxygen atoms in total. The van der Waals surface area contributed by atoms with Crippen LogP contribution in [0.15, 0.2) is 57.9 Å². The molecule has 4 N–H and O–H groups in total. The van der Waals surface area contributed by atoms with E-state index in [1.807, 2.05) is 42.5 Å². The van der Waals surface area contributed by atoms with Gasteiger partial charge in [0.25, 0.3) is 0 Å². The van der Waals surface area contributed by atoms with Crippen LogP contribution in [0, 0.1) is 0 Å². The van der Waals surface area contributed by atoms with Crippen molar-refractivity contribution in [1.82, 2.24) is 4.90 Å². The van der Waals surface area contributed by atoms with Gasteiger partial charge in [-0.1, -0.05) is 18.2 Å². The first-order valence-electron chi connectivity index (χ1n) is 13.4. The predicted octanol–water partition coefficient (Wildman–Crippen LogP) is 2.74. The molecule has 2 aromatic carbocycles. The minimum Gasteiger partial charge on any atom is -0.497 e. The van der Waals surface area contributed by atoms with Gasteiger partial charge in [0.2, 0.25) is 0 Å². The second-order valence-corrected chi connectivity index (χ2v) is 10.0. The first kappa shape index (κ1) is 33.0. The summed E-state index contributed by atoms with van der Waals surface area (Å²) < 4.78 is 22.5. The van der Waals surface area contributed by atoms with Gasteiger partial charge < -0.3 is 39.1 Å². The SMILES string of the molecule is COc1ccc(CN(Cc2coc3ccccc3c2=O)CC2CCCO2)c(OC)c1.O=C(O)CC(O)(CC(=O)O)C(=O)O. The molecule has 1 saturated heterocycles. The van der Waals surface area contributed by atoms with E-state index in [9.17, 15) is 19.2 Å². The molecule has 3 aromatic rings. The zero-order chi connectivity index (χ0) is 31.6. The van der Waals surface area contributed by atoms with Crippen LogP contribution in [0.2, 0.25) is 0 Å². The average molecular weight is 602 g/mol. The van der Waals surface area contributed by atoms with Crippen LogP contribution in [0.3, 0.4) is 0 Å². The zero-order valence-corrected chi connectivity index (χ0v) is 23.9. The summed E-state index contributed by atoms with van der Waals surface area (Å²) in [7, 11) is 3.29. The quantitative estimate of drug-likeness (QED) is 0.224. The molecule has 232 valence electrons. The summed E-state index contributed by atoms with van der Waals surface area (Å²) >= 11 is 0. The number of carboxylic acid groups (broad SMARTS) is 3. The summed E-state index contributed by atoms with van der Waals surface area (Å²) in [4.78, 5) is 45.7. The number of benzene rings is 2. The van der Waals surface area contributed by atoms with Gasteiger partial charge in [-0.05, 0) is 31.0 Å². The maximum atomic E-state index is 13.0. The van der Waals surface area contributed by atoms with Crippen molar-refractivity contribution in [2.75, 3.05) is 27.4 Å². The second-order valence-electron chi connectivity index (χ2n) is 10.0. The van der Waals surface area contributed by atoms with E-state index in [2.05, 4.69) is 4.90 Å². The Bertz CT molecular complexity index is 1460. The molecule has 4 rings (SSSR count). The van der Waals surface area contributed by atoms with Crippen LogP contribution in [-0.2, 0) is 32.2 Å². The number of carboxylic acids is 3. The third-order valence-corrected chi connectivity index (χ3v) is 6.80. The van der Waals surface area contributed by atoms with E-state index >= 15 is 0 Å². The van der Waals surface area contributed by atoms with Crippen LogP contribution in [0.1, 0.15) is 36.8 Å². The Morgan fingerprint density at radius 1 is 0.977 bits per heavy atom. The van der Waals surface area contributed by atoms with Gasteiger partial charge in [0.15, 0.2) is 11.0 Å². The number of aliphatic carboxylic acids is 3. The van der Waals surface area contributed by atoms with Crippen LogP contribution in [0.4, 0.5) is 0 Å². The Balaban J connectivity index is 0.000000331. The molecule has 0 bridgehead atoms. The van der Waals surface area contributed by atoms with E-state index in [4.69, 9.17) is 39.1 Å². The van der Waals surface area contributed by atoms with Crippen LogP contribution in [-0.4, -0.2) is 82.3 Å². The summed E-state index contributed by atoms with van der Waals surface area (Å²) in [6.07, 6.45) is 1.56. The monoisotopic (exact) mass is 601 g/mol. The van der Waals surface area contributed by atoms with Crippen molar-refractivity contribution in [2.45, 2.75) is 50.5 Å². The van der Waals surface area contributed by atoms with Gasteiger partial charge in [-0.15, -0.1) is 0 Å². The van der Waals surface area contributed by atoms with Gasteiger partial charge in [0, 0.05) is 43.4 Å². The molecule has 1 unspecified atom stereocenters. The number of hydrogen-bond acceptors (Lipinski definition) is 10. The highest BCUT2D eigenvalue weighted by Crippen LogP contribution is 2.27. The Morgan fingerprint density at radius 3 is 2.23 bits per heavy atom. The Labute approximate surface area is 246 Å². The minimum atomic E-state index is -2.74. The number of carbonyl (C=O) groups is 3. The first-order valence-corrected chi connectivity index (χ1v) is 13.4. The van der Waals surface area contributed by atoms with E-state index in [-0.39, 0.29) is 11.5 Å². The normalized spacial score (nSPS) is 14.7. The van der Waals surface area contributed by atoms with Crippen LogP contribution in [0.25, 0.3) is 11.0 Å². The standard InChI is InChI=1S/C24H27NO5.C6H8O7/c1-27-19-10-9-17(23(12-19)28-2)13-25(15-20-6-5-11-29-20)14-18-16-30-22-8-4-3-7-21(22)24(18)26;7-3(8)1-6(13,5(11)12)2-4(9)10/h3-4,7-10,12,16,20H,5-6,11,13-15H2,1-2H3;13H,1-2H2,(H,7,8)(H,9,10)(H,11,12). The fraction of sp³-hybridized carbons (Fsp3) is 0.400. The van der Waals surface area contributed by atoms with Crippen molar-refractivity contribution in [1.29, 1.82) is 0 Å². The predicted molar refractivity (Wildman–Crippen MR) is 152 cm³/mol.